The van der Waals surface area contributed by atoms with Gasteiger partial charge in [0.2, 0.25) is 0 Å². The van der Waals surface area contributed by atoms with E-state index in [0.717, 1.165) is 60.9 Å². The number of furan rings is 2. The van der Waals surface area contributed by atoms with Crippen LogP contribution >= 0.6 is 0 Å². The van der Waals surface area contributed by atoms with Crippen molar-refractivity contribution in [1.82, 2.24) is 0 Å². The van der Waals surface area contributed by atoms with Gasteiger partial charge in [0.25, 0.3) is 0 Å². The Labute approximate surface area is 270 Å². The molecule has 0 bridgehead atoms. The van der Waals surface area contributed by atoms with Crippen LogP contribution in [0.1, 0.15) is 0 Å². The lowest BCUT2D eigenvalue weighted by Gasteiger charge is -2.27. The van der Waals surface area contributed by atoms with Crippen molar-refractivity contribution < 1.29 is 8.83 Å². The van der Waals surface area contributed by atoms with Crippen molar-refractivity contribution in [3.05, 3.63) is 164 Å². The summed E-state index contributed by atoms with van der Waals surface area (Å²) in [6.07, 6.45) is 0. The predicted molar refractivity (Wildman–Crippen MR) is 196 cm³/mol. The summed E-state index contributed by atoms with van der Waals surface area (Å²) >= 11 is 0. The summed E-state index contributed by atoms with van der Waals surface area (Å²) in [5.41, 5.74) is 8.91. The van der Waals surface area contributed by atoms with Crippen LogP contribution < -0.4 is 4.90 Å². The van der Waals surface area contributed by atoms with Gasteiger partial charge in [0.15, 0.2) is 0 Å². The highest BCUT2D eigenvalue weighted by Gasteiger charge is 2.24. The zero-order valence-corrected chi connectivity index (χ0v) is 25.4. The van der Waals surface area contributed by atoms with E-state index in [0.29, 0.717) is 0 Å². The Balaban J connectivity index is 1.29. The summed E-state index contributed by atoms with van der Waals surface area (Å²) in [7, 11) is 0. The van der Waals surface area contributed by atoms with Crippen LogP contribution in [0.3, 0.4) is 0 Å². The Morgan fingerprint density at radius 2 is 0.957 bits per heavy atom. The van der Waals surface area contributed by atoms with Crippen LogP contribution in [0.15, 0.2) is 173 Å². The Kier molecular flexibility index (Phi) is 5.57. The number of fused-ring (bicyclic) bond motifs is 10. The molecule has 3 heteroatoms. The van der Waals surface area contributed by atoms with E-state index in [9.17, 15) is 0 Å². The summed E-state index contributed by atoms with van der Waals surface area (Å²) in [5.74, 6) is 0. The molecule has 10 aromatic rings. The zero-order chi connectivity index (χ0) is 30.9. The zero-order valence-electron chi connectivity index (χ0n) is 25.4. The SMILES string of the molecule is c1ccc(-c2ccc(N(c3cccc4ccccc34)c3cccc4oc5ccc6c(oc7ccc8ccccc8c76)c5c34)cc2)cc1. The molecule has 0 fully saturated rings. The summed E-state index contributed by atoms with van der Waals surface area (Å²) in [6.45, 7) is 0. The fraction of sp³-hybridized carbons (Fsp3) is 0. The van der Waals surface area contributed by atoms with Gasteiger partial charge in [-0.1, -0.05) is 115 Å². The standard InChI is InChI=1S/C44H27NO2/c1-2-10-28(11-3-1)29-20-23-32(24-21-29)45(36-17-8-14-30-12-4-6-15-33(30)36)37-18-9-19-38-42(37)43-40(46-38)27-25-35-41-34-16-7-5-13-31(34)22-26-39(41)47-44(35)43/h1-27H. The average Bonchev–Trinajstić information content (AvgIpc) is 3.72. The normalized spacial score (nSPS) is 11.8. The van der Waals surface area contributed by atoms with Gasteiger partial charge in [-0.25, -0.2) is 0 Å². The largest absolute Gasteiger partial charge is 0.456 e. The van der Waals surface area contributed by atoms with Gasteiger partial charge in [0.05, 0.1) is 22.1 Å². The molecule has 0 radical (unpaired) electrons. The van der Waals surface area contributed by atoms with Crippen molar-refractivity contribution in [2.24, 2.45) is 0 Å². The van der Waals surface area contributed by atoms with Gasteiger partial charge >= 0.3 is 0 Å². The maximum absolute atomic E-state index is 6.74. The molecule has 8 aromatic carbocycles. The third-order valence-electron chi connectivity index (χ3n) is 9.45. The Hall–Kier alpha value is -6.32. The molecule has 0 N–H and O–H groups in total. The first-order valence-electron chi connectivity index (χ1n) is 15.9. The number of nitrogens with zero attached hydrogens (tertiary/aromatic N) is 1. The van der Waals surface area contributed by atoms with E-state index >= 15 is 0 Å². The van der Waals surface area contributed by atoms with Crippen LogP contribution in [0, 0.1) is 0 Å². The predicted octanol–water partition coefficient (Wildman–Crippen LogP) is 12.9. The van der Waals surface area contributed by atoms with E-state index in [4.69, 9.17) is 8.83 Å². The Morgan fingerprint density at radius 1 is 0.340 bits per heavy atom. The molecule has 0 saturated carbocycles. The lowest BCUT2D eigenvalue weighted by molar-refractivity contribution is 0.663. The molecule has 0 spiro atoms. The van der Waals surface area contributed by atoms with E-state index in [1.54, 1.807) is 0 Å². The van der Waals surface area contributed by atoms with E-state index in [1.165, 1.54) is 32.7 Å². The molecular weight excluding hydrogens is 574 g/mol. The van der Waals surface area contributed by atoms with Gasteiger partial charge in [-0.05, 0) is 75.8 Å². The topological polar surface area (TPSA) is 29.5 Å². The molecule has 0 saturated heterocycles. The van der Waals surface area contributed by atoms with Crippen LogP contribution in [0.25, 0.3) is 76.5 Å². The van der Waals surface area contributed by atoms with E-state index in [1.807, 2.05) is 0 Å². The highest BCUT2D eigenvalue weighted by molar-refractivity contribution is 6.28. The maximum atomic E-state index is 6.74. The van der Waals surface area contributed by atoms with Gasteiger partial charge in [0.1, 0.15) is 22.3 Å². The third kappa shape index (κ3) is 3.93. The molecule has 2 aromatic heterocycles. The minimum atomic E-state index is 0.806. The fourth-order valence-electron chi connectivity index (χ4n) is 7.32. The molecule has 0 aliphatic carbocycles. The Morgan fingerprint density at radius 3 is 1.81 bits per heavy atom. The second kappa shape index (κ2) is 10.1. The first-order valence-corrected chi connectivity index (χ1v) is 15.9. The van der Waals surface area contributed by atoms with Crippen LogP contribution in [-0.4, -0.2) is 0 Å². The molecule has 0 aliphatic rings. The number of hydrogen-bond donors (Lipinski definition) is 0. The fourth-order valence-corrected chi connectivity index (χ4v) is 7.32. The quantitative estimate of drug-likeness (QED) is 0.201. The van der Waals surface area contributed by atoms with Crippen molar-refractivity contribution >= 4 is 82.5 Å². The molecule has 0 aliphatic heterocycles. The highest BCUT2D eigenvalue weighted by atomic mass is 16.3. The minimum absolute atomic E-state index is 0.806. The van der Waals surface area contributed by atoms with E-state index in [2.05, 4.69) is 169 Å². The molecular formula is C44H27NO2. The number of hydrogen-bond acceptors (Lipinski definition) is 3. The number of rotatable bonds is 4. The third-order valence-corrected chi connectivity index (χ3v) is 9.45. The molecule has 2 heterocycles. The van der Waals surface area contributed by atoms with Gasteiger partial charge in [-0.3, -0.25) is 0 Å². The Bertz CT molecular complexity index is 2780. The van der Waals surface area contributed by atoms with Gasteiger partial charge < -0.3 is 13.7 Å². The molecule has 220 valence electrons. The lowest BCUT2D eigenvalue weighted by Crippen LogP contribution is -2.10. The summed E-state index contributed by atoms with van der Waals surface area (Å²) in [6, 6.07) is 57.8. The van der Waals surface area contributed by atoms with Gasteiger partial charge in [0, 0.05) is 21.8 Å². The summed E-state index contributed by atoms with van der Waals surface area (Å²) in [5, 5.41) is 8.98. The molecule has 3 nitrogen and oxygen atoms in total. The molecule has 0 unspecified atom stereocenters. The van der Waals surface area contributed by atoms with E-state index < -0.39 is 0 Å². The number of benzene rings is 8. The second-order valence-electron chi connectivity index (χ2n) is 12.1. The van der Waals surface area contributed by atoms with Crippen molar-refractivity contribution in [1.29, 1.82) is 0 Å². The van der Waals surface area contributed by atoms with Crippen LogP contribution in [-0.2, 0) is 0 Å². The maximum Gasteiger partial charge on any atom is 0.147 e. The molecule has 0 amide bonds. The van der Waals surface area contributed by atoms with Crippen LogP contribution in [0.5, 0.6) is 0 Å². The van der Waals surface area contributed by atoms with Gasteiger partial charge in [-0.15, -0.1) is 0 Å². The highest BCUT2D eigenvalue weighted by Crippen LogP contribution is 2.48. The average molecular weight is 602 g/mol. The van der Waals surface area contributed by atoms with Crippen LogP contribution in [0.4, 0.5) is 17.1 Å². The first kappa shape index (κ1) is 26.0. The number of anilines is 3. The minimum Gasteiger partial charge on any atom is -0.456 e. The van der Waals surface area contributed by atoms with Crippen LogP contribution in [0.2, 0.25) is 0 Å². The molecule has 47 heavy (non-hydrogen) atoms. The summed E-state index contributed by atoms with van der Waals surface area (Å²) < 4.78 is 13.3. The molecule has 0 atom stereocenters. The van der Waals surface area contributed by atoms with Crippen molar-refractivity contribution in [3.63, 3.8) is 0 Å². The second-order valence-corrected chi connectivity index (χ2v) is 12.1. The lowest BCUT2D eigenvalue weighted by atomic mass is 10.0. The van der Waals surface area contributed by atoms with Crippen molar-refractivity contribution in [3.8, 4) is 11.1 Å². The monoisotopic (exact) mass is 601 g/mol. The van der Waals surface area contributed by atoms with E-state index in [-0.39, 0.29) is 0 Å². The summed E-state index contributed by atoms with van der Waals surface area (Å²) in [4.78, 5) is 2.37. The van der Waals surface area contributed by atoms with Crippen molar-refractivity contribution in [2.45, 2.75) is 0 Å². The van der Waals surface area contributed by atoms with Gasteiger partial charge in [-0.2, -0.15) is 0 Å². The first-order chi connectivity index (χ1) is 23.3. The smallest absolute Gasteiger partial charge is 0.147 e. The molecule has 10 rings (SSSR count). The van der Waals surface area contributed by atoms with Crippen molar-refractivity contribution in [2.75, 3.05) is 4.90 Å².